The van der Waals surface area contributed by atoms with Gasteiger partial charge in [0.05, 0.1) is 17.8 Å². The van der Waals surface area contributed by atoms with Crippen molar-refractivity contribution in [3.63, 3.8) is 0 Å². The largest absolute Gasteiger partial charge is 0.494 e. The minimum atomic E-state index is -1.61. The van der Waals surface area contributed by atoms with Gasteiger partial charge in [0, 0.05) is 34.7 Å². The summed E-state index contributed by atoms with van der Waals surface area (Å²) >= 11 is 5.89. The van der Waals surface area contributed by atoms with Crippen LogP contribution in [-0.2, 0) is 15.8 Å². The molecular weight excluding hydrogens is 549 g/mol. The lowest BCUT2D eigenvalue weighted by molar-refractivity contribution is -0.123. The Morgan fingerprint density at radius 2 is 2.00 bits per heavy atom. The first-order valence-corrected chi connectivity index (χ1v) is 13.4. The van der Waals surface area contributed by atoms with E-state index in [0.29, 0.717) is 28.0 Å². The fourth-order valence-corrected chi connectivity index (χ4v) is 5.09. The molecule has 10 heteroatoms. The van der Waals surface area contributed by atoms with Crippen molar-refractivity contribution >= 4 is 34.2 Å². The minimum Gasteiger partial charge on any atom is -0.494 e. The molecule has 3 heterocycles. The van der Waals surface area contributed by atoms with Gasteiger partial charge in [-0.05, 0) is 69.2 Å². The maximum Gasteiger partial charge on any atom is 0.231 e. The number of hydrogen-bond acceptors (Lipinski definition) is 7. The first kappa shape index (κ1) is 28.4. The molecule has 0 saturated carbocycles. The van der Waals surface area contributed by atoms with Gasteiger partial charge in [-0.2, -0.15) is 0 Å². The Labute approximate surface area is 241 Å². The molecule has 5 rings (SSSR count). The smallest absolute Gasteiger partial charge is 0.231 e. The van der Waals surface area contributed by atoms with Gasteiger partial charge in [0.15, 0.2) is 5.78 Å². The molecule has 2 aromatic carbocycles. The van der Waals surface area contributed by atoms with E-state index in [1.807, 2.05) is 13.0 Å². The number of aromatic nitrogens is 2. The third-order valence-corrected chi connectivity index (χ3v) is 7.93. The van der Waals surface area contributed by atoms with E-state index in [9.17, 15) is 19.1 Å². The van der Waals surface area contributed by atoms with Gasteiger partial charge in [0.1, 0.15) is 46.1 Å². The van der Waals surface area contributed by atoms with Gasteiger partial charge in [-0.15, -0.1) is 0 Å². The lowest BCUT2D eigenvalue weighted by atomic mass is 9.81. The number of carbonyl (C=O) groups is 2. The van der Waals surface area contributed by atoms with Crippen LogP contribution in [0.5, 0.6) is 11.5 Å². The molecule has 2 aromatic heterocycles. The third-order valence-electron chi connectivity index (χ3n) is 7.63. The molecule has 1 aliphatic rings. The Bertz CT molecular complexity index is 1720. The number of aryl methyl sites for hydroxylation is 1. The van der Waals surface area contributed by atoms with Gasteiger partial charge in [-0.1, -0.05) is 17.7 Å². The Balaban J connectivity index is 1.51. The number of aliphatic hydroxyl groups is 1. The predicted octanol–water partition coefficient (Wildman–Crippen LogP) is 5.41. The lowest BCUT2D eigenvalue weighted by Gasteiger charge is -2.26. The maximum absolute atomic E-state index is 14.4. The fraction of sp³-hybridized carbons (Fsp3) is 0.290. The number of fused-ring (bicyclic) bond motifs is 2. The normalized spacial score (nSPS) is 17.5. The number of methoxy groups -OCH3 is 1. The van der Waals surface area contributed by atoms with Crippen molar-refractivity contribution in [1.82, 2.24) is 9.97 Å². The van der Waals surface area contributed by atoms with E-state index in [1.165, 1.54) is 26.2 Å². The maximum atomic E-state index is 14.4. The van der Waals surface area contributed by atoms with Gasteiger partial charge < -0.3 is 20.3 Å². The number of halogens is 2. The topological polar surface area (TPSA) is 125 Å². The van der Waals surface area contributed by atoms with E-state index >= 15 is 0 Å². The molecule has 2 atom stereocenters. The molecule has 3 N–H and O–H groups in total. The monoisotopic (exact) mass is 577 g/mol. The molecule has 0 unspecified atom stereocenters. The van der Waals surface area contributed by atoms with Crippen LogP contribution >= 0.6 is 11.6 Å². The first-order chi connectivity index (χ1) is 19.3. The molecule has 0 saturated heterocycles. The van der Waals surface area contributed by atoms with Gasteiger partial charge >= 0.3 is 0 Å². The van der Waals surface area contributed by atoms with Crippen molar-refractivity contribution in [2.45, 2.75) is 44.6 Å². The SMILES string of the molecule is COc1cc(C(=O)CC[C@](C)(O)c2cc3c(c(-c4ccc(Cl)c(F)c4)n2)OC[C@]3(C)C(N)=O)cc2cc(C)cnc12. The van der Waals surface area contributed by atoms with E-state index in [0.717, 1.165) is 10.9 Å². The van der Waals surface area contributed by atoms with Crippen LogP contribution in [0.3, 0.4) is 0 Å². The summed E-state index contributed by atoms with van der Waals surface area (Å²) in [5, 5.41) is 12.3. The second-order valence-corrected chi connectivity index (χ2v) is 11.2. The number of Topliss-reactive ketones (excluding diaryl/α,β-unsaturated/α-hetero) is 1. The van der Waals surface area contributed by atoms with E-state index in [4.69, 9.17) is 26.8 Å². The van der Waals surface area contributed by atoms with E-state index in [1.54, 1.807) is 37.4 Å². The van der Waals surface area contributed by atoms with Crippen molar-refractivity contribution < 1.29 is 28.6 Å². The Hall–Kier alpha value is -4.08. The Kier molecular flexibility index (Phi) is 7.21. The van der Waals surface area contributed by atoms with Crippen LogP contribution in [0.2, 0.25) is 5.02 Å². The molecular formula is C31H29ClFN3O5. The van der Waals surface area contributed by atoms with Crippen LogP contribution in [0.15, 0.2) is 48.7 Å². The molecule has 0 aliphatic carbocycles. The molecule has 41 heavy (non-hydrogen) atoms. The summed E-state index contributed by atoms with van der Waals surface area (Å²) in [7, 11) is 1.52. The van der Waals surface area contributed by atoms with Crippen molar-refractivity contribution in [1.29, 1.82) is 0 Å². The molecule has 4 aromatic rings. The third kappa shape index (κ3) is 5.11. The number of rotatable bonds is 8. The summed E-state index contributed by atoms with van der Waals surface area (Å²) in [6, 6.07) is 11.1. The number of carbonyl (C=O) groups excluding carboxylic acids is 2. The molecule has 212 valence electrons. The number of pyridine rings is 2. The number of nitrogens with zero attached hydrogens (tertiary/aromatic N) is 2. The predicted molar refractivity (Wildman–Crippen MR) is 153 cm³/mol. The number of primary amides is 1. The average molecular weight is 578 g/mol. The second-order valence-electron chi connectivity index (χ2n) is 10.8. The number of ketones is 1. The molecule has 8 nitrogen and oxygen atoms in total. The highest BCUT2D eigenvalue weighted by atomic mass is 35.5. The number of hydrogen-bond donors (Lipinski definition) is 2. The summed E-state index contributed by atoms with van der Waals surface area (Å²) in [5.74, 6) is -0.737. The summed E-state index contributed by atoms with van der Waals surface area (Å²) in [6.07, 6.45) is 1.72. The quantitative estimate of drug-likeness (QED) is 0.268. The minimum absolute atomic E-state index is 0.00655. The van der Waals surface area contributed by atoms with Crippen molar-refractivity contribution in [3.8, 4) is 22.8 Å². The Morgan fingerprint density at radius 3 is 2.68 bits per heavy atom. The highest BCUT2D eigenvalue weighted by Crippen LogP contribution is 2.46. The highest BCUT2D eigenvalue weighted by molar-refractivity contribution is 6.30. The van der Waals surface area contributed by atoms with Gasteiger partial charge in [0.2, 0.25) is 5.91 Å². The van der Waals surface area contributed by atoms with E-state index < -0.39 is 22.7 Å². The molecule has 0 spiro atoms. The zero-order valence-electron chi connectivity index (χ0n) is 23.0. The van der Waals surface area contributed by atoms with Crippen molar-refractivity contribution in [2.75, 3.05) is 13.7 Å². The fourth-order valence-electron chi connectivity index (χ4n) is 4.97. The molecule has 1 amide bonds. The summed E-state index contributed by atoms with van der Waals surface area (Å²) in [4.78, 5) is 34.8. The van der Waals surface area contributed by atoms with Crippen LogP contribution in [0.25, 0.3) is 22.2 Å². The summed E-state index contributed by atoms with van der Waals surface area (Å²) < 4.78 is 25.7. The van der Waals surface area contributed by atoms with Gasteiger partial charge in [-0.3, -0.25) is 14.6 Å². The van der Waals surface area contributed by atoms with E-state index in [2.05, 4.69) is 9.97 Å². The zero-order valence-corrected chi connectivity index (χ0v) is 23.8. The van der Waals surface area contributed by atoms with Crippen molar-refractivity contribution in [3.05, 3.63) is 81.9 Å². The zero-order chi connectivity index (χ0) is 29.7. The van der Waals surface area contributed by atoms with Crippen LogP contribution in [-0.4, -0.2) is 40.5 Å². The van der Waals surface area contributed by atoms with Gasteiger partial charge in [0.25, 0.3) is 0 Å². The lowest BCUT2D eigenvalue weighted by Crippen LogP contribution is -2.40. The molecule has 0 fully saturated rings. The van der Waals surface area contributed by atoms with Crippen LogP contribution in [0.1, 0.15) is 53.9 Å². The highest BCUT2D eigenvalue weighted by Gasteiger charge is 2.45. The Morgan fingerprint density at radius 1 is 1.24 bits per heavy atom. The van der Waals surface area contributed by atoms with Crippen molar-refractivity contribution in [2.24, 2.45) is 5.73 Å². The van der Waals surface area contributed by atoms with Crippen LogP contribution in [0, 0.1) is 12.7 Å². The number of amides is 1. The van der Waals surface area contributed by atoms with Crippen LogP contribution < -0.4 is 15.2 Å². The van der Waals surface area contributed by atoms with Gasteiger partial charge in [-0.25, -0.2) is 9.37 Å². The molecule has 0 radical (unpaired) electrons. The molecule has 1 aliphatic heterocycles. The average Bonchev–Trinajstić information content (AvgIpc) is 3.29. The summed E-state index contributed by atoms with van der Waals surface area (Å²) in [5.41, 5.74) is 6.12. The van der Waals surface area contributed by atoms with Crippen LogP contribution in [0.4, 0.5) is 4.39 Å². The number of nitrogens with two attached hydrogens (primary N) is 1. The molecule has 0 bridgehead atoms. The first-order valence-electron chi connectivity index (χ1n) is 13.0. The summed E-state index contributed by atoms with van der Waals surface area (Å²) in [6.45, 7) is 5.05. The number of benzene rings is 2. The standard InChI is InChI=1S/C31H29ClFN3O5/c1-16-9-19-10-18(12-24(40-4)26(19)35-14-16)23(37)7-8-31(3,39)25-13-20-28(41-15-30(20,2)29(34)38)27(36-25)17-5-6-21(32)22(33)11-17/h5-6,9-14,39H,7-8,15H2,1-4H3,(H2,34,38)/t30-,31-/m0/s1. The van der Waals surface area contributed by atoms with E-state index in [-0.39, 0.29) is 47.4 Å². The number of ether oxygens (including phenoxy) is 2. The second kappa shape index (κ2) is 10.4.